The Morgan fingerprint density at radius 3 is 2.52 bits per heavy atom. The van der Waals surface area contributed by atoms with Crippen LogP contribution in [0.25, 0.3) is 0 Å². The van der Waals surface area contributed by atoms with Crippen molar-refractivity contribution in [2.24, 2.45) is 7.05 Å². The number of aromatic nitrogens is 3. The molecule has 0 aliphatic carbocycles. The van der Waals surface area contributed by atoms with E-state index in [4.69, 9.17) is 0 Å². The molecule has 0 spiro atoms. The lowest BCUT2D eigenvalue weighted by Gasteiger charge is -2.06. The molecule has 0 saturated heterocycles. The van der Waals surface area contributed by atoms with Gasteiger partial charge in [-0.25, -0.2) is 0 Å². The van der Waals surface area contributed by atoms with E-state index < -0.39 is 11.7 Å². The van der Waals surface area contributed by atoms with Crippen molar-refractivity contribution in [3.05, 3.63) is 47.0 Å². The number of nitrogens with zero attached hydrogens (tertiary/aromatic N) is 3. The van der Waals surface area contributed by atoms with Gasteiger partial charge in [-0.2, -0.15) is 18.3 Å². The van der Waals surface area contributed by atoms with Crippen LogP contribution >= 0.6 is 0 Å². The Balaban J connectivity index is 2.15. The van der Waals surface area contributed by atoms with Crippen LogP contribution in [0, 0.1) is 0 Å². The minimum absolute atomic E-state index is 0.0160. The molecule has 21 heavy (non-hydrogen) atoms. The summed E-state index contributed by atoms with van der Waals surface area (Å²) < 4.78 is 38.9. The Labute approximate surface area is 119 Å². The molecule has 7 heteroatoms. The Morgan fingerprint density at radius 2 is 2.05 bits per heavy atom. The van der Waals surface area contributed by atoms with Crippen LogP contribution < -0.4 is 0 Å². The third kappa shape index (κ3) is 3.48. The summed E-state index contributed by atoms with van der Waals surface area (Å²) in [6.07, 6.45) is -2.97. The van der Waals surface area contributed by atoms with Gasteiger partial charge in [-0.15, -0.1) is 0 Å². The number of halogens is 3. The van der Waals surface area contributed by atoms with Crippen molar-refractivity contribution in [3.8, 4) is 0 Å². The molecule has 0 aliphatic rings. The zero-order valence-electron chi connectivity index (χ0n) is 11.6. The van der Waals surface area contributed by atoms with E-state index in [2.05, 4.69) is 10.1 Å². The highest BCUT2D eigenvalue weighted by Crippen LogP contribution is 2.28. The van der Waals surface area contributed by atoms with E-state index in [-0.39, 0.29) is 17.9 Å². The summed E-state index contributed by atoms with van der Waals surface area (Å²) in [4.78, 5) is 15.6. The van der Waals surface area contributed by atoms with Gasteiger partial charge >= 0.3 is 6.18 Å². The quantitative estimate of drug-likeness (QED) is 0.815. The van der Waals surface area contributed by atoms with E-state index >= 15 is 0 Å². The van der Waals surface area contributed by atoms with Crippen molar-refractivity contribution < 1.29 is 18.0 Å². The summed E-state index contributed by atoms with van der Waals surface area (Å²) in [7, 11) is 1.72. The predicted molar refractivity (Wildman–Crippen MR) is 69.9 cm³/mol. The van der Waals surface area contributed by atoms with E-state index in [0.29, 0.717) is 11.9 Å². The second-order valence-electron chi connectivity index (χ2n) is 4.63. The summed E-state index contributed by atoms with van der Waals surface area (Å²) in [5.41, 5.74) is 0.717. The molecule has 0 bridgehead atoms. The molecule has 2 aromatic rings. The van der Waals surface area contributed by atoms with Crippen molar-refractivity contribution in [3.63, 3.8) is 0 Å². The maximum atomic E-state index is 12.4. The Hall–Kier alpha value is -2.18. The zero-order valence-corrected chi connectivity index (χ0v) is 11.6. The average Bonchev–Trinajstić information content (AvgIpc) is 2.78. The number of rotatable bonds is 4. The van der Waals surface area contributed by atoms with E-state index in [1.165, 1.54) is 0 Å². The average molecular weight is 297 g/mol. The second-order valence-corrected chi connectivity index (χ2v) is 4.63. The van der Waals surface area contributed by atoms with E-state index in [1.807, 2.05) is 13.0 Å². The van der Waals surface area contributed by atoms with Crippen LogP contribution in [0.2, 0.25) is 0 Å². The molecule has 0 saturated carbocycles. The Morgan fingerprint density at radius 1 is 1.33 bits per heavy atom. The highest BCUT2D eigenvalue weighted by molar-refractivity contribution is 5.95. The van der Waals surface area contributed by atoms with Gasteiger partial charge < -0.3 is 0 Å². The molecule has 0 N–H and O–H groups in total. The fourth-order valence-electron chi connectivity index (χ4n) is 1.89. The SMILES string of the molecule is CCc1cc(CC(=O)c2ccc(C(F)(F)F)cn2)n(C)n1. The summed E-state index contributed by atoms with van der Waals surface area (Å²) >= 11 is 0. The van der Waals surface area contributed by atoms with Gasteiger partial charge in [0.05, 0.1) is 17.7 Å². The molecule has 0 atom stereocenters. The number of pyridine rings is 1. The first-order valence-electron chi connectivity index (χ1n) is 6.39. The Kier molecular flexibility index (Phi) is 4.11. The van der Waals surface area contributed by atoms with Crippen LogP contribution in [-0.2, 0) is 26.1 Å². The second kappa shape index (κ2) is 5.67. The third-order valence-electron chi connectivity index (χ3n) is 3.11. The number of carbonyl (C=O) groups excluding carboxylic acids is 1. The van der Waals surface area contributed by atoms with Crippen molar-refractivity contribution in [1.82, 2.24) is 14.8 Å². The molecular weight excluding hydrogens is 283 g/mol. The van der Waals surface area contributed by atoms with Gasteiger partial charge in [0.2, 0.25) is 0 Å². The van der Waals surface area contributed by atoms with Crippen LogP contribution in [0.5, 0.6) is 0 Å². The van der Waals surface area contributed by atoms with Crippen LogP contribution in [0.15, 0.2) is 24.4 Å². The standard InChI is InChI=1S/C14H14F3N3O/c1-3-10-6-11(20(2)19-10)7-13(21)12-5-4-9(8-18-12)14(15,16)17/h4-6,8H,3,7H2,1-2H3. The number of aryl methyl sites for hydroxylation is 2. The molecule has 0 aliphatic heterocycles. The number of ketones is 1. The first-order chi connectivity index (χ1) is 9.81. The van der Waals surface area contributed by atoms with Crippen LogP contribution in [-0.4, -0.2) is 20.5 Å². The van der Waals surface area contributed by atoms with Crippen molar-refractivity contribution in [1.29, 1.82) is 0 Å². The lowest BCUT2D eigenvalue weighted by molar-refractivity contribution is -0.137. The largest absolute Gasteiger partial charge is 0.417 e. The lowest BCUT2D eigenvalue weighted by atomic mass is 10.1. The summed E-state index contributed by atoms with van der Waals surface area (Å²) in [6, 6.07) is 3.77. The Bertz CT molecular complexity index is 644. The zero-order chi connectivity index (χ0) is 15.6. The minimum Gasteiger partial charge on any atom is -0.292 e. The van der Waals surface area contributed by atoms with Gasteiger partial charge in [-0.05, 0) is 24.6 Å². The fraction of sp³-hybridized carbons (Fsp3) is 0.357. The van der Waals surface area contributed by atoms with E-state index in [0.717, 1.165) is 24.2 Å². The van der Waals surface area contributed by atoms with Gasteiger partial charge in [-0.3, -0.25) is 14.5 Å². The smallest absolute Gasteiger partial charge is 0.292 e. The molecule has 4 nitrogen and oxygen atoms in total. The predicted octanol–water partition coefficient (Wildman–Crippen LogP) is 2.82. The maximum absolute atomic E-state index is 12.4. The molecule has 0 radical (unpaired) electrons. The molecule has 2 rings (SSSR count). The van der Waals surface area contributed by atoms with Gasteiger partial charge in [0.1, 0.15) is 5.69 Å². The van der Waals surface area contributed by atoms with Crippen LogP contribution in [0.4, 0.5) is 13.2 Å². The number of hydrogen-bond acceptors (Lipinski definition) is 3. The van der Waals surface area contributed by atoms with Gasteiger partial charge in [0, 0.05) is 18.9 Å². The molecule has 112 valence electrons. The first kappa shape index (κ1) is 15.2. The van der Waals surface area contributed by atoms with Crippen molar-refractivity contribution in [2.45, 2.75) is 25.9 Å². The lowest BCUT2D eigenvalue weighted by Crippen LogP contribution is -2.11. The topological polar surface area (TPSA) is 47.8 Å². The van der Waals surface area contributed by atoms with Crippen LogP contribution in [0.3, 0.4) is 0 Å². The molecule has 0 amide bonds. The number of hydrogen-bond donors (Lipinski definition) is 0. The maximum Gasteiger partial charge on any atom is 0.417 e. The molecule has 2 aromatic heterocycles. The van der Waals surface area contributed by atoms with Crippen LogP contribution in [0.1, 0.15) is 34.4 Å². The summed E-state index contributed by atoms with van der Waals surface area (Å²) in [5, 5.41) is 4.22. The van der Waals surface area contributed by atoms with Gasteiger partial charge in [-0.1, -0.05) is 6.92 Å². The summed E-state index contributed by atoms with van der Waals surface area (Å²) in [6.45, 7) is 1.95. The van der Waals surface area contributed by atoms with Crippen molar-refractivity contribution in [2.75, 3.05) is 0 Å². The fourth-order valence-corrected chi connectivity index (χ4v) is 1.89. The van der Waals surface area contributed by atoms with Crippen molar-refractivity contribution >= 4 is 5.78 Å². The van der Waals surface area contributed by atoms with E-state index in [9.17, 15) is 18.0 Å². The normalized spacial score (nSPS) is 11.7. The first-order valence-corrected chi connectivity index (χ1v) is 6.39. The third-order valence-corrected chi connectivity index (χ3v) is 3.11. The molecular formula is C14H14F3N3O. The number of Topliss-reactive ketones (excluding diaryl/α,β-unsaturated/α-hetero) is 1. The number of alkyl halides is 3. The molecule has 0 unspecified atom stereocenters. The minimum atomic E-state index is -4.45. The number of carbonyl (C=O) groups is 1. The molecule has 0 aromatic carbocycles. The van der Waals surface area contributed by atoms with Gasteiger partial charge in [0.25, 0.3) is 0 Å². The molecule has 2 heterocycles. The van der Waals surface area contributed by atoms with Gasteiger partial charge in [0.15, 0.2) is 5.78 Å². The highest BCUT2D eigenvalue weighted by atomic mass is 19.4. The molecule has 0 fully saturated rings. The van der Waals surface area contributed by atoms with E-state index in [1.54, 1.807) is 11.7 Å². The monoisotopic (exact) mass is 297 g/mol. The highest BCUT2D eigenvalue weighted by Gasteiger charge is 2.30. The summed E-state index contributed by atoms with van der Waals surface area (Å²) in [5.74, 6) is -0.339.